The Hall–Kier alpha value is -1.09. The summed E-state index contributed by atoms with van der Waals surface area (Å²) in [5.74, 6) is 0.125. The Balaban J connectivity index is 2.17. The van der Waals surface area contributed by atoms with E-state index < -0.39 is 0 Å². The van der Waals surface area contributed by atoms with Crippen LogP contribution in [0.25, 0.3) is 0 Å². The quantitative estimate of drug-likeness (QED) is 0.825. The third-order valence-electron chi connectivity index (χ3n) is 4.18. The summed E-state index contributed by atoms with van der Waals surface area (Å²) in [6.45, 7) is 6.28. The van der Waals surface area contributed by atoms with Crippen LogP contribution in [0.4, 0.5) is 5.69 Å². The fourth-order valence-corrected chi connectivity index (χ4v) is 3.12. The molecule has 0 saturated heterocycles. The molecule has 0 bridgehead atoms. The Labute approximate surface area is 119 Å². The summed E-state index contributed by atoms with van der Waals surface area (Å²) in [5, 5.41) is 3.33. The first kappa shape index (κ1) is 14.3. The Morgan fingerprint density at radius 2 is 2.21 bits per heavy atom. The van der Waals surface area contributed by atoms with Gasteiger partial charge in [-0.15, -0.1) is 0 Å². The van der Waals surface area contributed by atoms with Gasteiger partial charge in [0.25, 0.3) is 0 Å². The molecule has 0 aliphatic heterocycles. The van der Waals surface area contributed by atoms with Gasteiger partial charge in [0.05, 0.1) is 5.69 Å². The first-order chi connectivity index (χ1) is 8.92. The van der Waals surface area contributed by atoms with Gasteiger partial charge < -0.3 is 5.32 Å². The SMILES string of the molecule is Cc1ccnc(Cl)c1NC(=O)C1CCCCC1(C)C. The molecule has 1 unspecified atom stereocenters. The normalized spacial score (nSPS) is 22.0. The number of halogens is 1. The molecule has 1 fully saturated rings. The van der Waals surface area contributed by atoms with E-state index in [1.54, 1.807) is 6.20 Å². The van der Waals surface area contributed by atoms with E-state index in [1.807, 2.05) is 13.0 Å². The highest BCUT2D eigenvalue weighted by Crippen LogP contribution is 2.41. The first-order valence-corrected chi connectivity index (χ1v) is 7.21. The predicted molar refractivity (Wildman–Crippen MR) is 78.4 cm³/mol. The molecule has 104 valence electrons. The summed E-state index contributed by atoms with van der Waals surface area (Å²) in [5.41, 5.74) is 1.66. The number of pyridine rings is 1. The van der Waals surface area contributed by atoms with Gasteiger partial charge in [0.2, 0.25) is 5.91 Å². The largest absolute Gasteiger partial charge is 0.323 e. The molecule has 2 rings (SSSR count). The van der Waals surface area contributed by atoms with E-state index in [4.69, 9.17) is 11.6 Å². The smallest absolute Gasteiger partial charge is 0.228 e. The van der Waals surface area contributed by atoms with Gasteiger partial charge in [0.15, 0.2) is 5.15 Å². The lowest BCUT2D eigenvalue weighted by atomic mass is 9.68. The number of hydrogen-bond donors (Lipinski definition) is 1. The van der Waals surface area contributed by atoms with Crippen LogP contribution >= 0.6 is 11.6 Å². The lowest BCUT2D eigenvalue weighted by molar-refractivity contribution is -0.124. The van der Waals surface area contributed by atoms with Gasteiger partial charge >= 0.3 is 0 Å². The van der Waals surface area contributed by atoms with Crippen LogP contribution in [-0.2, 0) is 4.79 Å². The van der Waals surface area contributed by atoms with E-state index in [2.05, 4.69) is 24.1 Å². The van der Waals surface area contributed by atoms with Crippen molar-refractivity contribution >= 4 is 23.2 Å². The predicted octanol–water partition coefficient (Wildman–Crippen LogP) is 4.20. The number of aryl methyl sites for hydroxylation is 1. The van der Waals surface area contributed by atoms with Gasteiger partial charge in [0.1, 0.15) is 0 Å². The molecular weight excluding hydrogens is 260 g/mol. The molecule has 0 radical (unpaired) electrons. The fourth-order valence-electron chi connectivity index (χ4n) is 2.87. The van der Waals surface area contributed by atoms with Crippen molar-refractivity contribution < 1.29 is 4.79 Å². The van der Waals surface area contributed by atoms with Crippen LogP contribution in [0.3, 0.4) is 0 Å². The lowest BCUT2D eigenvalue weighted by Crippen LogP contribution is -2.37. The monoisotopic (exact) mass is 280 g/mol. The maximum Gasteiger partial charge on any atom is 0.228 e. The molecule has 0 spiro atoms. The molecule has 4 heteroatoms. The molecule has 1 N–H and O–H groups in total. The number of carbonyl (C=O) groups excluding carboxylic acids is 1. The number of anilines is 1. The maximum absolute atomic E-state index is 12.5. The summed E-state index contributed by atoms with van der Waals surface area (Å²) in [6.07, 6.45) is 6.04. The van der Waals surface area contributed by atoms with E-state index in [0.717, 1.165) is 24.8 Å². The second-order valence-corrected chi connectivity index (χ2v) is 6.43. The number of nitrogens with zero attached hydrogens (tertiary/aromatic N) is 1. The molecule has 3 nitrogen and oxygen atoms in total. The zero-order valence-corrected chi connectivity index (χ0v) is 12.5. The number of carbonyl (C=O) groups is 1. The molecule has 1 saturated carbocycles. The van der Waals surface area contributed by atoms with Crippen molar-refractivity contribution in [3.05, 3.63) is 23.0 Å². The van der Waals surface area contributed by atoms with E-state index >= 15 is 0 Å². The minimum atomic E-state index is 0.0527. The highest BCUT2D eigenvalue weighted by molar-refractivity contribution is 6.32. The Bertz CT molecular complexity index is 465. The lowest BCUT2D eigenvalue weighted by Gasteiger charge is -2.37. The fraction of sp³-hybridized carbons (Fsp3) is 0.600. The van der Waals surface area contributed by atoms with Crippen molar-refractivity contribution in [3.8, 4) is 0 Å². The van der Waals surface area contributed by atoms with Crippen LogP contribution in [0.1, 0.15) is 45.1 Å². The van der Waals surface area contributed by atoms with Crippen molar-refractivity contribution in [2.24, 2.45) is 11.3 Å². The van der Waals surface area contributed by atoms with Crippen molar-refractivity contribution in [1.29, 1.82) is 0 Å². The van der Waals surface area contributed by atoms with Crippen LogP contribution in [0.5, 0.6) is 0 Å². The van der Waals surface area contributed by atoms with Crippen molar-refractivity contribution in [2.45, 2.75) is 46.5 Å². The third kappa shape index (κ3) is 3.08. The van der Waals surface area contributed by atoms with Gasteiger partial charge in [-0.25, -0.2) is 4.98 Å². The number of rotatable bonds is 2. The van der Waals surface area contributed by atoms with Crippen LogP contribution in [0.2, 0.25) is 5.15 Å². The standard InChI is InChI=1S/C15H21ClN2O/c1-10-7-9-17-13(16)12(10)18-14(19)11-6-4-5-8-15(11,2)3/h7,9,11H,4-6,8H2,1-3H3,(H,18,19). The highest BCUT2D eigenvalue weighted by Gasteiger charge is 2.37. The molecule has 19 heavy (non-hydrogen) atoms. The van der Waals surface area contributed by atoms with E-state index in [1.165, 1.54) is 6.42 Å². The zero-order valence-electron chi connectivity index (χ0n) is 11.8. The Morgan fingerprint density at radius 1 is 1.47 bits per heavy atom. The molecule has 1 atom stereocenters. The molecule has 1 aromatic rings. The van der Waals surface area contributed by atoms with Gasteiger partial charge in [-0.3, -0.25) is 4.79 Å². The molecule has 1 aliphatic rings. The summed E-state index contributed by atoms with van der Waals surface area (Å²) in [6, 6.07) is 1.85. The summed E-state index contributed by atoms with van der Waals surface area (Å²) in [7, 11) is 0. The second kappa shape index (κ2) is 5.49. The average molecular weight is 281 g/mol. The molecular formula is C15H21ClN2O. The van der Waals surface area contributed by atoms with Gasteiger partial charge in [-0.05, 0) is 36.8 Å². The van der Waals surface area contributed by atoms with E-state index in [0.29, 0.717) is 10.8 Å². The number of hydrogen-bond acceptors (Lipinski definition) is 2. The van der Waals surface area contributed by atoms with Crippen molar-refractivity contribution in [2.75, 3.05) is 5.32 Å². The molecule has 1 aliphatic carbocycles. The van der Waals surface area contributed by atoms with Gasteiger partial charge in [-0.1, -0.05) is 38.3 Å². The molecule has 1 heterocycles. The highest BCUT2D eigenvalue weighted by atomic mass is 35.5. The summed E-state index contributed by atoms with van der Waals surface area (Å²) < 4.78 is 0. The Morgan fingerprint density at radius 3 is 2.84 bits per heavy atom. The number of amides is 1. The maximum atomic E-state index is 12.5. The minimum absolute atomic E-state index is 0.0527. The number of aromatic nitrogens is 1. The van der Waals surface area contributed by atoms with Crippen molar-refractivity contribution in [3.63, 3.8) is 0 Å². The van der Waals surface area contributed by atoms with Crippen LogP contribution < -0.4 is 5.32 Å². The van der Waals surface area contributed by atoms with Crippen LogP contribution in [0, 0.1) is 18.3 Å². The van der Waals surface area contributed by atoms with Crippen molar-refractivity contribution in [1.82, 2.24) is 4.98 Å². The second-order valence-electron chi connectivity index (χ2n) is 6.07. The first-order valence-electron chi connectivity index (χ1n) is 6.84. The molecule has 1 aromatic heterocycles. The van der Waals surface area contributed by atoms with Crippen LogP contribution in [0.15, 0.2) is 12.3 Å². The zero-order chi connectivity index (χ0) is 14.0. The topological polar surface area (TPSA) is 42.0 Å². The number of nitrogens with one attached hydrogen (secondary N) is 1. The van der Waals surface area contributed by atoms with Crippen LogP contribution in [-0.4, -0.2) is 10.9 Å². The average Bonchev–Trinajstić information content (AvgIpc) is 2.33. The minimum Gasteiger partial charge on any atom is -0.323 e. The third-order valence-corrected chi connectivity index (χ3v) is 4.47. The Kier molecular flexibility index (Phi) is 4.14. The summed E-state index contributed by atoms with van der Waals surface area (Å²) >= 11 is 6.06. The molecule has 1 amide bonds. The van der Waals surface area contributed by atoms with E-state index in [9.17, 15) is 4.79 Å². The summed E-state index contributed by atoms with van der Waals surface area (Å²) in [4.78, 5) is 16.5. The van der Waals surface area contributed by atoms with Gasteiger partial charge in [0, 0.05) is 12.1 Å². The molecule has 0 aromatic carbocycles. The van der Waals surface area contributed by atoms with E-state index in [-0.39, 0.29) is 17.2 Å². The van der Waals surface area contributed by atoms with Gasteiger partial charge in [-0.2, -0.15) is 0 Å².